The van der Waals surface area contributed by atoms with Crippen LogP contribution < -0.4 is 0 Å². The van der Waals surface area contributed by atoms with Crippen LogP contribution in [0.3, 0.4) is 0 Å². The third kappa shape index (κ3) is 5.92. The van der Waals surface area contributed by atoms with Crippen LogP contribution in [0.15, 0.2) is 23.3 Å². The van der Waals surface area contributed by atoms with Crippen LogP contribution in [0.5, 0.6) is 0 Å². The highest BCUT2D eigenvalue weighted by atomic mass is 16.5. The highest BCUT2D eigenvalue weighted by Crippen LogP contribution is 2.42. The molecule has 0 aliphatic heterocycles. The lowest BCUT2D eigenvalue weighted by Gasteiger charge is -2.37. The second-order valence-corrected chi connectivity index (χ2v) is 6.15. The van der Waals surface area contributed by atoms with Crippen molar-refractivity contribution in [3.63, 3.8) is 0 Å². The fourth-order valence-electron chi connectivity index (χ4n) is 2.51. The van der Waals surface area contributed by atoms with Gasteiger partial charge in [0.15, 0.2) is 0 Å². The Balaban J connectivity index is 0.000000982. The molecule has 0 radical (unpaired) electrons. The van der Waals surface area contributed by atoms with Crippen LogP contribution in [0, 0.1) is 11.3 Å². The summed E-state index contributed by atoms with van der Waals surface area (Å²) >= 11 is 0. The van der Waals surface area contributed by atoms with E-state index in [0.29, 0.717) is 11.3 Å². The van der Waals surface area contributed by atoms with Crippen LogP contribution in [-0.4, -0.2) is 27.4 Å². The Morgan fingerprint density at radius 1 is 1.37 bits per heavy atom. The summed E-state index contributed by atoms with van der Waals surface area (Å²) in [5.74, 6) is 0.568. The molecule has 0 aromatic heterocycles. The molecule has 19 heavy (non-hydrogen) atoms. The largest absolute Gasteiger partial charge is 0.388 e. The molecule has 1 rings (SSSR count). The summed E-state index contributed by atoms with van der Waals surface area (Å²) in [5, 5.41) is 0. The molecule has 2 unspecified atom stereocenters. The summed E-state index contributed by atoms with van der Waals surface area (Å²) in [6, 6.07) is 0. The summed E-state index contributed by atoms with van der Waals surface area (Å²) in [4.78, 5) is 0. The van der Waals surface area contributed by atoms with Crippen LogP contribution in [0.2, 0.25) is 0 Å². The third-order valence-corrected chi connectivity index (χ3v) is 4.01. The van der Waals surface area contributed by atoms with Crippen LogP contribution in [0.1, 0.15) is 47.5 Å². The standard InChI is InChI=1S/C15H26O.C2H6O/c1-11-8-7-9-15(4,5)14(11)10-12(2)13(3)16-6;1-3-2/h8,10,13-14H,7,9H2,1-6H3;1-2H3/b12-10+;. The Bertz CT molecular complexity index is 313. The van der Waals surface area contributed by atoms with E-state index in [-0.39, 0.29) is 6.10 Å². The molecule has 0 N–H and O–H groups in total. The first-order valence-corrected chi connectivity index (χ1v) is 7.08. The molecule has 112 valence electrons. The molecular formula is C17H32O2. The lowest BCUT2D eigenvalue weighted by molar-refractivity contribution is 0.145. The van der Waals surface area contributed by atoms with Gasteiger partial charge in [-0.05, 0) is 44.6 Å². The Hall–Kier alpha value is -0.600. The van der Waals surface area contributed by atoms with Gasteiger partial charge >= 0.3 is 0 Å². The third-order valence-electron chi connectivity index (χ3n) is 4.01. The zero-order valence-electron chi connectivity index (χ0n) is 14.0. The molecule has 1 aliphatic carbocycles. The highest BCUT2D eigenvalue weighted by Gasteiger charge is 2.31. The zero-order valence-corrected chi connectivity index (χ0v) is 14.0. The first-order valence-electron chi connectivity index (χ1n) is 7.08. The SMILES string of the molecule is COC.COC(C)/C(C)=C/C1C(C)=CCCC1(C)C. The average molecular weight is 268 g/mol. The van der Waals surface area contributed by atoms with Gasteiger partial charge in [0.25, 0.3) is 0 Å². The molecule has 1 aliphatic rings. The van der Waals surface area contributed by atoms with E-state index in [1.807, 2.05) is 0 Å². The van der Waals surface area contributed by atoms with Crippen LogP contribution in [-0.2, 0) is 9.47 Å². The first kappa shape index (κ1) is 18.4. The molecule has 0 saturated carbocycles. The fraction of sp³-hybridized carbons (Fsp3) is 0.765. The average Bonchev–Trinajstić information content (AvgIpc) is 2.33. The van der Waals surface area contributed by atoms with E-state index in [0.717, 1.165) is 0 Å². The lowest BCUT2D eigenvalue weighted by Crippen LogP contribution is -2.27. The number of ether oxygens (including phenoxy) is 2. The number of methoxy groups -OCH3 is 2. The number of hydrogen-bond donors (Lipinski definition) is 0. The van der Waals surface area contributed by atoms with E-state index in [4.69, 9.17) is 4.74 Å². The number of allylic oxidation sites excluding steroid dienone is 3. The Labute approximate surface area is 119 Å². The number of rotatable bonds is 3. The molecule has 0 aromatic carbocycles. The van der Waals surface area contributed by atoms with E-state index < -0.39 is 0 Å². The van der Waals surface area contributed by atoms with Gasteiger partial charge in [-0.15, -0.1) is 0 Å². The van der Waals surface area contributed by atoms with E-state index in [9.17, 15) is 0 Å². The molecule has 0 amide bonds. The summed E-state index contributed by atoms with van der Waals surface area (Å²) < 4.78 is 9.62. The van der Waals surface area contributed by atoms with E-state index in [1.165, 1.54) is 24.0 Å². The second kappa shape index (κ2) is 8.55. The molecule has 2 atom stereocenters. The van der Waals surface area contributed by atoms with Gasteiger partial charge in [-0.2, -0.15) is 0 Å². The van der Waals surface area contributed by atoms with Gasteiger partial charge < -0.3 is 9.47 Å². The predicted molar refractivity (Wildman–Crippen MR) is 83.4 cm³/mol. The highest BCUT2D eigenvalue weighted by molar-refractivity contribution is 5.22. The molecule has 2 nitrogen and oxygen atoms in total. The monoisotopic (exact) mass is 268 g/mol. The van der Waals surface area contributed by atoms with Gasteiger partial charge in [-0.25, -0.2) is 0 Å². The van der Waals surface area contributed by atoms with Crippen molar-refractivity contribution in [2.75, 3.05) is 21.3 Å². The minimum atomic E-state index is 0.227. The van der Waals surface area contributed by atoms with Gasteiger partial charge in [-0.1, -0.05) is 31.6 Å². The molecular weight excluding hydrogens is 236 g/mol. The van der Waals surface area contributed by atoms with E-state index in [1.54, 1.807) is 21.3 Å². The zero-order chi connectivity index (χ0) is 15.1. The van der Waals surface area contributed by atoms with Crippen LogP contribution >= 0.6 is 0 Å². The minimum absolute atomic E-state index is 0.227. The molecule has 0 aromatic rings. The molecule has 0 heterocycles. The first-order chi connectivity index (χ1) is 8.80. The maximum atomic E-state index is 5.37. The molecule has 0 bridgehead atoms. The lowest BCUT2D eigenvalue weighted by atomic mass is 9.68. The normalized spacial score (nSPS) is 24.1. The Morgan fingerprint density at radius 3 is 2.32 bits per heavy atom. The van der Waals surface area contributed by atoms with Crippen LogP contribution in [0.4, 0.5) is 0 Å². The van der Waals surface area contributed by atoms with Gasteiger partial charge in [0.2, 0.25) is 0 Å². The Morgan fingerprint density at radius 2 is 1.89 bits per heavy atom. The van der Waals surface area contributed by atoms with Gasteiger partial charge in [0.05, 0.1) is 6.10 Å². The summed E-state index contributed by atoms with van der Waals surface area (Å²) in [5.41, 5.74) is 3.24. The molecule has 2 heteroatoms. The van der Waals surface area contributed by atoms with Crippen molar-refractivity contribution in [1.82, 2.24) is 0 Å². The second-order valence-electron chi connectivity index (χ2n) is 6.15. The van der Waals surface area contributed by atoms with Crippen LogP contribution in [0.25, 0.3) is 0 Å². The van der Waals surface area contributed by atoms with E-state index in [2.05, 4.69) is 51.5 Å². The van der Waals surface area contributed by atoms with Crippen molar-refractivity contribution in [2.24, 2.45) is 11.3 Å². The summed E-state index contributed by atoms with van der Waals surface area (Å²) in [6.07, 6.45) is 7.52. The van der Waals surface area contributed by atoms with Gasteiger partial charge in [0, 0.05) is 27.2 Å². The van der Waals surface area contributed by atoms with Crippen molar-refractivity contribution in [2.45, 2.75) is 53.6 Å². The quantitative estimate of drug-likeness (QED) is 0.696. The maximum absolute atomic E-state index is 5.37. The maximum Gasteiger partial charge on any atom is 0.0750 e. The predicted octanol–water partition coefficient (Wildman–Crippen LogP) is 4.61. The Kier molecular flexibility index (Phi) is 8.28. The fourth-order valence-corrected chi connectivity index (χ4v) is 2.51. The van der Waals surface area contributed by atoms with E-state index >= 15 is 0 Å². The van der Waals surface area contributed by atoms with Crippen molar-refractivity contribution in [3.8, 4) is 0 Å². The van der Waals surface area contributed by atoms with Crippen molar-refractivity contribution >= 4 is 0 Å². The smallest absolute Gasteiger partial charge is 0.0750 e. The molecule has 0 saturated heterocycles. The summed E-state index contributed by atoms with van der Waals surface area (Å²) in [7, 11) is 5.02. The number of hydrogen-bond acceptors (Lipinski definition) is 2. The van der Waals surface area contributed by atoms with Gasteiger partial charge in [0.1, 0.15) is 0 Å². The molecule has 0 spiro atoms. The van der Waals surface area contributed by atoms with Crippen molar-refractivity contribution < 1.29 is 9.47 Å². The topological polar surface area (TPSA) is 18.5 Å². The van der Waals surface area contributed by atoms with Crippen molar-refractivity contribution in [3.05, 3.63) is 23.3 Å². The van der Waals surface area contributed by atoms with Crippen molar-refractivity contribution in [1.29, 1.82) is 0 Å². The molecule has 0 fully saturated rings. The summed E-state index contributed by atoms with van der Waals surface area (Å²) in [6.45, 7) is 11.3. The van der Waals surface area contributed by atoms with Gasteiger partial charge in [-0.3, -0.25) is 0 Å². The minimum Gasteiger partial charge on any atom is -0.388 e.